The zero-order valence-electron chi connectivity index (χ0n) is 12.5. The summed E-state index contributed by atoms with van der Waals surface area (Å²) in [6, 6.07) is 5.35. The highest BCUT2D eigenvalue weighted by atomic mass is 35.5. The van der Waals surface area contributed by atoms with Gasteiger partial charge in [0.05, 0.1) is 34.9 Å². The first kappa shape index (κ1) is 16.5. The summed E-state index contributed by atoms with van der Waals surface area (Å²) >= 11 is 11.9. The first-order chi connectivity index (χ1) is 11.1. The van der Waals surface area contributed by atoms with Gasteiger partial charge in [-0.2, -0.15) is 5.10 Å². The third-order valence-electron chi connectivity index (χ3n) is 3.70. The molecule has 6 nitrogen and oxygen atoms in total. The Morgan fingerprint density at radius 3 is 3.04 bits per heavy atom. The summed E-state index contributed by atoms with van der Waals surface area (Å²) in [6.07, 6.45) is 0.936. The second-order valence-corrected chi connectivity index (χ2v) is 6.28. The second-order valence-electron chi connectivity index (χ2n) is 5.47. The molecule has 1 aromatic carbocycles. The summed E-state index contributed by atoms with van der Waals surface area (Å²) in [5, 5.41) is 13.3. The van der Waals surface area contributed by atoms with Crippen LogP contribution in [0.1, 0.15) is 12.8 Å². The van der Waals surface area contributed by atoms with Crippen LogP contribution in [0.5, 0.6) is 0 Å². The van der Waals surface area contributed by atoms with E-state index in [1.165, 1.54) is 0 Å². The molecule has 1 amide bonds. The van der Waals surface area contributed by atoms with E-state index in [1.807, 2.05) is 6.07 Å². The van der Waals surface area contributed by atoms with Crippen molar-refractivity contribution in [2.45, 2.75) is 18.9 Å². The van der Waals surface area contributed by atoms with Crippen molar-refractivity contribution in [3.05, 3.63) is 28.2 Å². The molecule has 0 aromatic heterocycles. The first-order valence-electron chi connectivity index (χ1n) is 7.54. The lowest BCUT2D eigenvalue weighted by atomic mass is 10.2. The number of carbonyl (C=O) groups excluding carboxylic acids is 1. The maximum Gasteiger partial charge on any atom is 0.227 e. The van der Waals surface area contributed by atoms with Gasteiger partial charge < -0.3 is 15.4 Å². The Kier molecular flexibility index (Phi) is 5.38. The van der Waals surface area contributed by atoms with Gasteiger partial charge >= 0.3 is 0 Å². The van der Waals surface area contributed by atoms with E-state index < -0.39 is 0 Å². The topological polar surface area (TPSA) is 66.0 Å². The van der Waals surface area contributed by atoms with Gasteiger partial charge in [0, 0.05) is 26.1 Å². The highest BCUT2D eigenvalue weighted by Crippen LogP contribution is 2.28. The second kappa shape index (κ2) is 7.49. The van der Waals surface area contributed by atoms with Crippen LogP contribution in [0.4, 0.5) is 5.69 Å². The SMILES string of the molecule is O=C(CC1CNCCO1)NC1=NN(c2ccc(Cl)c(Cl)c2)CC1. The molecule has 2 heterocycles. The number of benzene rings is 1. The molecule has 124 valence electrons. The van der Waals surface area contributed by atoms with Crippen molar-refractivity contribution < 1.29 is 9.53 Å². The van der Waals surface area contributed by atoms with Gasteiger partial charge in [0.2, 0.25) is 5.91 Å². The normalized spacial score (nSPS) is 21.2. The zero-order chi connectivity index (χ0) is 16.2. The van der Waals surface area contributed by atoms with Gasteiger partial charge in [-0.25, -0.2) is 0 Å². The molecular formula is C15H18Cl2N4O2. The van der Waals surface area contributed by atoms with E-state index in [0.29, 0.717) is 48.4 Å². The van der Waals surface area contributed by atoms with Crippen LogP contribution in [0.15, 0.2) is 23.3 Å². The Morgan fingerprint density at radius 2 is 2.30 bits per heavy atom. The summed E-state index contributed by atoms with van der Waals surface area (Å²) in [5.41, 5.74) is 0.850. The number of carbonyl (C=O) groups is 1. The van der Waals surface area contributed by atoms with E-state index >= 15 is 0 Å². The van der Waals surface area contributed by atoms with Crippen molar-refractivity contribution >= 4 is 40.6 Å². The lowest BCUT2D eigenvalue weighted by Gasteiger charge is -2.22. The molecule has 0 spiro atoms. The van der Waals surface area contributed by atoms with E-state index in [2.05, 4.69) is 15.7 Å². The van der Waals surface area contributed by atoms with E-state index in [-0.39, 0.29) is 12.0 Å². The van der Waals surface area contributed by atoms with Gasteiger partial charge in [0.1, 0.15) is 5.84 Å². The van der Waals surface area contributed by atoms with Crippen molar-refractivity contribution in [3.63, 3.8) is 0 Å². The number of ether oxygens (including phenoxy) is 1. The maximum atomic E-state index is 12.1. The van der Waals surface area contributed by atoms with E-state index in [0.717, 1.165) is 12.2 Å². The Labute approximate surface area is 144 Å². The van der Waals surface area contributed by atoms with Crippen molar-refractivity contribution in [1.29, 1.82) is 0 Å². The highest BCUT2D eigenvalue weighted by molar-refractivity contribution is 6.42. The lowest BCUT2D eigenvalue weighted by molar-refractivity contribution is -0.123. The van der Waals surface area contributed by atoms with Gasteiger partial charge in [0.15, 0.2) is 0 Å². The van der Waals surface area contributed by atoms with Crippen LogP contribution in [-0.4, -0.2) is 44.1 Å². The Balaban J connectivity index is 1.56. The van der Waals surface area contributed by atoms with Crippen LogP contribution < -0.4 is 15.6 Å². The van der Waals surface area contributed by atoms with Crippen molar-refractivity contribution in [1.82, 2.24) is 10.6 Å². The molecule has 8 heteroatoms. The monoisotopic (exact) mass is 356 g/mol. The number of nitrogens with zero attached hydrogens (tertiary/aromatic N) is 2. The molecular weight excluding hydrogens is 339 g/mol. The fourth-order valence-electron chi connectivity index (χ4n) is 2.55. The Hall–Kier alpha value is -1.34. The summed E-state index contributed by atoms with van der Waals surface area (Å²) < 4.78 is 5.53. The molecule has 0 bridgehead atoms. The van der Waals surface area contributed by atoms with Gasteiger partial charge in [-0.1, -0.05) is 23.2 Å². The predicted octanol–water partition coefficient (Wildman–Crippen LogP) is 2.01. The third kappa shape index (κ3) is 4.35. The molecule has 1 atom stereocenters. The molecule has 3 rings (SSSR count). The van der Waals surface area contributed by atoms with E-state index in [1.54, 1.807) is 17.1 Å². The molecule has 1 fully saturated rings. The van der Waals surface area contributed by atoms with E-state index in [9.17, 15) is 4.79 Å². The minimum Gasteiger partial charge on any atom is -0.375 e. The van der Waals surface area contributed by atoms with Crippen LogP contribution in [-0.2, 0) is 9.53 Å². The molecule has 23 heavy (non-hydrogen) atoms. The van der Waals surface area contributed by atoms with Crippen LogP contribution >= 0.6 is 23.2 Å². The van der Waals surface area contributed by atoms with Crippen LogP contribution in [0.3, 0.4) is 0 Å². The van der Waals surface area contributed by atoms with Gasteiger partial charge in [0.25, 0.3) is 0 Å². The van der Waals surface area contributed by atoms with Crippen LogP contribution in [0, 0.1) is 0 Å². The maximum absolute atomic E-state index is 12.1. The number of hydrazone groups is 1. The smallest absolute Gasteiger partial charge is 0.227 e. The quantitative estimate of drug-likeness (QED) is 0.869. The van der Waals surface area contributed by atoms with Gasteiger partial charge in [-0.3, -0.25) is 9.80 Å². The lowest BCUT2D eigenvalue weighted by Crippen LogP contribution is -2.42. The van der Waals surface area contributed by atoms with Crippen molar-refractivity contribution in [3.8, 4) is 0 Å². The molecule has 2 N–H and O–H groups in total. The summed E-state index contributed by atoms with van der Waals surface area (Å²) in [5.74, 6) is 0.582. The number of amides is 1. The number of anilines is 1. The number of nitrogens with one attached hydrogen (secondary N) is 2. The van der Waals surface area contributed by atoms with Gasteiger partial charge in [-0.05, 0) is 18.2 Å². The number of rotatable bonds is 3. The van der Waals surface area contributed by atoms with Gasteiger partial charge in [-0.15, -0.1) is 0 Å². The highest BCUT2D eigenvalue weighted by Gasteiger charge is 2.21. The number of morpholine rings is 1. The Morgan fingerprint density at radius 1 is 1.43 bits per heavy atom. The number of hydrogen-bond donors (Lipinski definition) is 2. The molecule has 0 radical (unpaired) electrons. The molecule has 2 aliphatic rings. The summed E-state index contributed by atoms with van der Waals surface area (Å²) in [6.45, 7) is 2.87. The minimum absolute atomic E-state index is 0.0723. The molecule has 0 saturated carbocycles. The number of hydrogen-bond acceptors (Lipinski definition) is 5. The largest absolute Gasteiger partial charge is 0.375 e. The first-order valence-corrected chi connectivity index (χ1v) is 8.29. The number of amidine groups is 1. The average Bonchev–Trinajstić information content (AvgIpc) is 2.99. The molecule has 1 saturated heterocycles. The fourth-order valence-corrected chi connectivity index (χ4v) is 2.84. The minimum atomic E-state index is -0.0755. The standard InChI is InChI=1S/C15H18Cl2N4O2/c16-12-2-1-10(7-13(12)17)21-5-3-14(20-21)19-15(22)8-11-9-18-4-6-23-11/h1-2,7,11,18H,3-6,8-9H2,(H,19,20,22). The summed E-state index contributed by atoms with van der Waals surface area (Å²) in [7, 11) is 0. The average molecular weight is 357 g/mol. The van der Waals surface area contributed by atoms with Crippen LogP contribution in [0.25, 0.3) is 0 Å². The third-order valence-corrected chi connectivity index (χ3v) is 4.44. The molecule has 1 aromatic rings. The van der Waals surface area contributed by atoms with E-state index in [4.69, 9.17) is 27.9 Å². The molecule has 1 unspecified atom stereocenters. The molecule has 2 aliphatic heterocycles. The zero-order valence-corrected chi connectivity index (χ0v) is 14.0. The number of halogens is 2. The Bertz CT molecular complexity index is 617. The molecule has 0 aliphatic carbocycles. The summed E-state index contributed by atoms with van der Waals surface area (Å²) in [4.78, 5) is 12.1. The fraction of sp³-hybridized carbons (Fsp3) is 0.467. The van der Waals surface area contributed by atoms with Crippen molar-refractivity contribution in [2.75, 3.05) is 31.3 Å². The van der Waals surface area contributed by atoms with Crippen molar-refractivity contribution in [2.24, 2.45) is 5.10 Å². The predicted molar refractivity (Wildman–Crippen MR) is 91.2 cm³/mol. The van der Waals surface area contributed by atoms with Crippen LogP contribution in [0.2, 0.25) is 10.0 Å².